The molecule has 1 aromatic carbocycles. The van der Waals surface area contributed by atoms with Gasteiger partial charge >= 0.3 is 0 Å². The Morgan fingerprint density at radius 2 is 2.13 bits per heavy atom. The molecule has 0 aliphatic rings. The van der Waals surface area contributed by atoms with Crippen LogP contribution < -0.4 is 4.74 Å². The molecule has 80 valence electrons. The van der Waals surface area contributed by atoms with Crippen molar-refractivity contribution in [1.82, 2.24) is 0 Å². The third kappa shape index (κ3) is 3.24. The molecule has 0 aliphatic heterocycles. The maximum Gasteiger partial charge on any atom is 0.119 e. The normalized spacial score (nSPS) is 10.9. The molecule has 0 aliphatic carbocycles. The fraction of sp³-hybridized carbons (Fsp3) is 0.417. The lowest BCUT2D eigenvalue weighted by Crippen LogP contribution is -2.12. The van der Waals surface area contributed by atoms with Gasteiger partial charge in [0, 0.05) is 4.47 Å². The van der Waals surface area contributed by atoms with Gasteiger partial charge in [-0.05, 0) is 44.0 Å². The highest BCUT2D eigenvalue weighted by Gasteiger charge is 2.19. The molecule has 2 nitrogen and oxygen atoms in total. The van der Waals surface area contributed by atoms with E-state index in [1.165, 1.54) is 0 Å². The van der Waals surface area contributed by atoms with E-state index < -0.39 is 0 Å². The standard InChI is InChI=1S/C12H14BrNO/c1-12(2,8-14)7-9-6-10(15-3)4-5-11(9)13/h4-6H,7H2,1-3H3. The smallest absolute Gasteiger partial charge is 0.119 e. The maximum atomic E-state index is 8.98. The summed E-state index contributed by atoms with van der Waals surface area (Å²) in [5, 5.41) is 8.98. The summed E-state index contributed by atoms with van der Waals surface area (Å²) in [5.74, 6) is 0.821. The molecule has 0 heterocycles. The zero-order chi connectivity index (χ0) is 11.5. The van der Waals surface area contributed by atoms with Crippen LogP contribution in [0.25, 0.3) is 0 Å². The Morgan fingerprint density at radius 1 is 1.47 bits per heavy atom. The predicted octanol–water partition coefficient (Wildman–Crippen LogP) is 3.55. The number of benzene rings is 1. The Labute approximate surface area is 99.0 Å². The van der Waals surface area contributed by atoms with E-state index in [1.54, 1.807) is 7.11 Å². The topological polar surface area (TPSA) is 33.0 Å². The monoisotopic (exact) mass is 267 g/mol. The van der Waals surface area contributed by atoms with E-state index in [4.69, 9.17) is 10.00 Å². The molecule has 1 aromatic rings. The number of halogens is 1. The first-order valence-electron chi connectivity index (χ1n) is 4.72. The summed E-state index contributed by atoms with van der Waals surface area (Å²) in [4.78, 5) is 0. The Hall–Kier alpha value is -1.01. The number of hydrogen-bond acceptors (Lipinski definition) is 2. The summed E-state index contributed by atoms with van der Waals surface area (Å²) < 4.78 is 6.17. The lowest BCUT2D eigenvalue weighted by molar-refractivity contribution is 0.412. The quantitative estimate of drug-likeness (QED) is 0.839. The first-order chi connectivity index (χ1) is 6.98. The van der Waals surface area contributed by atoms with Crippen LogP contribution in [0.1, 0.15) is 19.4 Å². The van der Waals surface area contributed by atoms with Gasteiger partial charge in [-0.15, -0.1) is 0 Å². The molecular weight excluding hydrogens is 254 g/mol. The SMILES string of the molecule is COc1ccc(Br)c(CC(C)(C)C#N)c1. The van der Waals surface area contributed by atoms with E-state index in [-0.39, 0.29) is 5.41 Å². The lowest BCUT2D eigenvalue weighted by atomic mass is 9.87. The molecule has 0 fully saturated rings. The third-order valence-electron chi connectivity index (χ3n) is 2.19. The fourth-order valence-electron chi connectivity index (χ4n) is 1.33. The Morgan fingerprint density at radius 3 is 2.67 bits per heavy atom. The first-order valence-corrected chi connectivity index (χ1v) is 5.51. The summed E-state index contributed by atoms with van der Waals surface area (Å²) in [6, 6.07) is 8.10. The van der Waals surface area contributed by atoms with E-state index in [2.05, 4.69) is 22.0 Å². The van der Waals surface area contributed by atoms with Gasteiger partial charge in [0.05, 0.1) is 18.6 Å². The van der Waals surface area contributed by atoms with Gasteiger partial charge in [-0.3, -0.25) is 0 Å². The average molecular weight is 268 g/mol. The minimum atomic E-state index is -0.352. The summed E-state index contributed by atoms with van der Waals surface area (Å²) in [6.07, 6.45) is 0.710. The van der Waals surface area contributed by atoms with Crippen LogP contribution in [0, 0.1) is 16.7 Å². The lowest BCUT2D eigenvalue weighted by Gasteiger charge is -2.16. The van der Waals surface area contributed by atoms with Crippen molar-refractivity contribution in [3.63, 3.8) is 0 Å². The molecule has 3 heteroatoms. The van der Waals surface area contributed by atoms with Crippen molar-refractivity contribution in [2.24, 2.45) is 5.41 Å². The van der Waals surface area contributed by atoms with Crippen molar-refractivity contribution in [3.05, 3.63) is 28.2 Å². The van der Waals surface area contributed by atoms with Gasteiger partial charge in [-0.1, -0.05) is 15.9 Å². The molecule has 0 radical (unpaired) electrons. The number of nitrogens with zero attached hydrogens (tertiary/aromatic N) is 1. The second kappa shape index (κ2) is 4.67. The number of methoxy groups -OCH3 is 1. The molecule has 0 bridgehead atoms. The van der Waals surface area contributed by atoms with Crippen molar-refractivity contribution in [2.75, 3.05) is 7.11 Å². The predicted molar refractivity (Wildman–Crippen MR) is 63.8 cm³/mol. The van der Waals surface area contributed by atoms with E-state index in [1.807, 2.05) is 32.0 Å². The van der Waals surface area contributed by atoms with Gasteiger partial charge < -0.3 is 4.74 Å². The molecule has 0 atom stereocenters. The van der Waals surface area contributed by atoms with Crippen LogP contribution in [0.3, 0.4) is 0 Å². The van der Waals surface area contributed by atoms with E-state index in [0.717, 1.165) is 15.8 Å². The minimum Gasteiger partial charge on any atom is -0.497 e. The first kappa shape index (κ1) is 12.1. The van der Waals surface area contributed by atoms with E-state index in [9.17, 15) is 0 Å². The fourth-order valence-corrected chi connectivity index (χ4v) is 1.72. The van der Waals surface area contributed by atoms with Crippen molar-refractivity contribution in [3.8, 4) is 11.8 Å². The van der Waals surface area contributed by atoms with Crippen LogP contribution in [0.15, 0.2) is 22.7 Å². The van der Waals surface area contributed by atoms with E-state index in [0.29, 0.717) is 6.42 Å². The molecular formula is C12H14BrNO. The van der Waals surface area contributed by atoms with Gasteiger partial charge in [0.1, 0.15) is 5.75 Å². The summed E-state index contributed by atoms with van der Waals surface area (Å²) >= 11 is 3.48. The number of nitriles is 1. The molecule has 1 rings (SSSR count). The highest BCUT2D eigenvalue weighted by Crippen LogP contribution is 2.28. The number of rotatable bonds is 3. The second-order valence-corrected chi connectivity index (χ2v) is 4.98. The molecule has 0 saturated heterocycles. The Balaban J connectivity index is 2.99. The van der Waals surface area contributed by atoms with Gasteiger partial charge in [0.25, 0.3) is 0 Å². The minimum absolute atomic E-state index is 0.352. The summed E-state index contributed by atoms with van der Waals surface area (Å²) in [7, 11) is 1.64. The van der Waals surface area contributed by atoms with Gasteiger partial charge in [0.2, 0.25) is 0 Å². The van der Waals surface area contributed by atoms with Crippen LogP contribution in [0.4, 0.5) is 0 Å². The molecule has 0 spiro atoms. The maximum absolute atomic E-state index is 8.98. The van der Waals surface area contributed by atoms with Crippen molar-refractivity contribution < 1.29 is 4.74 Å². The van der Waals surface area contributed by atoms with Crippen LogP contribution in [0.5, 0.6) is 5.75 Å². The number of hydrogen-bond donors (Lipinski definition) is 0. The molecule has 15 heavy (non-hydrogen) atoms. The van der Waals surface area contributed by atoms with Gasteiger partial charge in [0.15, 0.2) is 0 Å². The van der Waals surface area contributed by atoms with Gasteiger partial charge in [-0.25, -0.2) is 0 Å². The third-order valence-corrected chi connectivity index (χ3v) is 2.96. The van der Waals surface area contributed by atoms with Crippen LogP contribution in [-0.4, -0.2) is 7.11 Å². The van der Waals surface area contributed by atoms with Crippen molar-refractivity contribution in [1.29, 1.82) is 5.26 Å². The molecule has 0 unspecified atom stereocenters. The van der Waals surface area contributed by atoms with Crippen LogP contribution in [-0.2, 0) is 6.42 Å². The molecule has 0 saturated carbocycles. The largest absolute Gasteiger partial charge is 0.497 e. The average Bonchev–Trinajstić information content (AvgIpc) is 2.21. The van der Waals surface area contributed by atoms with Crippen LogP contribution >= 0.6 is 15.9 Å². The zero-order valence-electron chi connectivity index (χ0n) is 9.17. The molecule has 0 aromatic heterocycles. The van der Waals surface area contributed by atoms with Gasteiger partial charge in [-0.2, -0.15) is 5.26 Å². The Bertz CT molecular complexity index is 393. The summed E-state index contributed by atoms with van der Waals surface area (Å²) in [6.45, 7) is 3.86. The molecule has 0 amide bonds. The second-order valence-electron chi connectivity index (χ2n) is 4.13. The van der Waals surface area contributed by atoms with E-state index >= 15 is 0 Å². The number of ether oxygens (including phenoxy) is 1. The highest BCUT2D eigenvalue weighted by atomic mass is 79.9. The van der Waals surface area contributed by atoms with Crippen molar-refractivity contribution in [2.45, 2.75) is 20.3 Å². The summed E-state index contributed by atoms with van der Waals surface area (Å²) in [5.41, 5.74) is 0.746. The molecule has 0 N–H and O–H groups in total. The zero-order valence-corrected chi connectivity index (χ0v) is 10.8. The Kier molecular flexibility index (Phi) is 3.76. The highest BCUT2D eigenvalue weighted by molar-refractivity contribution is 9.10. The van der Waals surface area contributed by atoms with Crippen LogP contribution in [0.2, 0.25) is 0 Å². The van der Waals surface area contributed by atoms with Crippen molar-refractivity contribution >= 4 is 15.9 Å².